The Hall–Kier alpha value is -1.29. The number of rotatable bonds is 3. The Morgan fingerprint density at radius 1 is 1.50 bits per heavy atom. The van der Waals surface area contributed by atoms with E-state index in [0.29, 0.717) is 29.8 Å². The normalized spacial score (nSPS) is 21.1. The van der Waals surface area contributed by atoms with E-state index in [9.17, 15) is 8.42 Å². The second kappa shape index (κ2) is 5.24. The van der Waals surface area contributed by atoms with Crippen molar-refractivity contribution in [2.45, 2.75) is 17.9 Å². The quantitative estimate of drug-likeness (QED) is 0.846. The van der Waals surface area contributed by atoms with E-state index in [1.807, 2.05) is 0 Å². The first-order valence-corrected chi connectivity index (χ1v) is 8.40. The molecule has 1 saturated heterocycles. The highest BCUT2D eigenvalue weighted by Gasteiger charge is 2.33. The molecule has 0 radical (unpaired) electrons. The Labute approximate surface area is 120 Å². The Balaban J connectivity index is 1.82. The summed E-state index contributed by atoms with van der Waals surface area (Å²) in [5, 5.41) is 7.15. The number of aryl methyl sites for hydroxylation is 1. The maximum absolute atomic E-state index is 12.4. The molecular formula is C11H13N3O4S2. The molecule has 2 aromatic rings. The van der Waals surface area contributed by atoms with Crippen LogP contribution in [0.25, 0.3) is 0 Å². The van der Waals surface area contributed by atoms with E-state index in [1.54, 1.807) is 23.8 Å². The molecule has 0 bridgehead atoms. The topological polar surface area (TPSA) is 85.5 Å². The molecule has 0 amide bonds. The van der Waals surface area contributed by atoms with E-state index in [0.717, 1.165) is 0 Å². The Bertz CT molecular complexity index is 680. The zero-order valence-corrected chi connectivity index (χ0v) is 12.4. The number of ether oxygens (including phenoxy) is 1. The van der Waals surface area contributed by atoms with E-state index >= 15 is 0 Å². The summed E-state index contributed by atoms with van der Waals surface area (Å²) in [6.07, 6.45) is -0.491. The van der Waals surface area contributed by atoms with Gasteiger partial charge in [0, 0.05) is 25.4 Å². The molecule has 9 heteroatoms. The van der Waals surface area contributed by atoms with Gasteiger partial charge in [-0.25, -0.2) is 8.42 Å². The summed E-state index contributed by atoms with van der Waals surface area (Å²) >= 11 is 1.35. The van der Waals surface area contributed by atoms with Gasteiger partial charge in [-0.15, -0.1) is 0 Å². The van der Waals surface area contributed by atoms with Gasteiger partial charge >= 0.3 is 0 Å². The van der Waals surface area contributed by atoms with E-state index in [1.165, 1.54) is 15.6 Å². The van der Waals surface area contributed by atoms with Crippen LogP contribution in [0.1, 0.15) is 17.8 Å². The molecule has 0 aliphatic carbocycles. The van der Waals surface area contributed by atoms with Crippen LogP contribution < -0.4 is 0 Å². The lowest BCUT2D eigenvalue weighted by Gasteiger charge is -2.30. The standard InChI is InChI=1S/C11H13N3O4S2/c1-8-12-11(13-18-8)10-6-14(3-4-17-10)20(15,16)9-2-5-19-7-9/h2,5,7,10H,3-4,6H2,1H3. The van der Waals surface area contributed by atoms with Gasteiger partial charge in [-0.1, -0.05) is 5.16 Å². The molecule has 3 heterocycles. The average molecular weight is 315 g/mol. The average Bonchev–Trinajstić information content (AvgIpc) is 3.10. The first-order chi connectivity index (χ1) is 9.57. The highest BCUT2D eigenvalue weighted by atomic mass is 32.2. The number of thiophene rings is 1. The van der Waals surface area contributed by atoms with Crippen LogP contribution in [0.4, 0.5) is 0 Å². The van der Waals surface area contributed by atoms with Crippen molar-refractivity contribution in [2.75, 3.05) is 19.7 Å². The molecule has 1 aliphatic heterocycles. The fraction of sp³-hybridized carbons (Fsp3) is 0.455. The first kappa shape index (κ1) is 13.7. The van der Waals surface area contributed by atoms with Gasteiger partial charge in [0.05, 0.1) is 11.5 Å². The zero-order valence-electron chi connectivity index (χ0n) is 10.7. The minimum atomic E-state index is -3.48. The third-order valence-corrected chi connectivity index (χ3v) is 5.69. The lowest BCUT2D eigenvalue weighted by Crippen LogP contribution is -2.42. The number of nitrogens with zero attached hydrogens (tertiary/aromatic N) is 3. The molecule has 7 nitrogen and oxygen atoms in total. The summed E-state index contributed by atoms with van der Waals surface area (Å²) in [7, 11) is -3.48. The summed E-state index contributed by atoms with van der Waals surface area (Å²) in [6, 6.07) is 1.60. The molecule has 20 heavy (non-hydrogen) atoms. The SMILES string of the molecule is Cc1nc(C2CN(S(=O)(=O)c3ccsc3)CCO2)no1. The highest BCUT2D eigenvalue weighted by Crippen LogP contribution is 2.25. The molecule has 1 unspecified atom stereocenters. The van der Waals surface area contributed by atoms with E-state index in [-0.39, 0.29) is 6.54 Å². The summed E-state index contributed by atoms with van der Waals surface area (Å²) < 4.78 is 36.7. The van der Waals surface area contributed by atoms with Gasteiger partial charge in [0.25, 0.3) is 0 Å². The summed E-state index contributed by atoms with van der Waals surface area (Å²) in [6.45, 7) is 2.50. The zero-order chi connectivity index (χ0) is 14.2. The van der Waals surface area contributed by atoms with Gasteiger partial charge in [0.1, 0.15) is 6.10 Å². The van der Waals surface area contributed by atoms with Gasteiger partial charge in [-0.05, 0) is 11.4 Å². The van der Waals surface area contributed by atoms with Crippen LogP contribution >= 0.6 is 11.3 Å². The predicted octanol–water partition coefficient (Wildman–Crippen LogP) is 1.20. The smallest absolute Gasteiger partial charge is 0.244 e. The van der Waals surface area contributed by atoms with Crippen molar-refractivity contribution >= 4 is 21.4 Å². The van der Waals surface area contributed by atoms with Crippen molar-refractivity contribution in [3.05, 3.63) is 28.5 Å². The Kier molecular flexibility index (Phi) is 3.59. The second-order valence-corrected chi connectivity index (χ2v) is 7.07. The molecule has 0 aromatic carbocycles. The number of morpholine rings is 1. The largest absolute Gasteiger partial charge is 0.367 e. The highest BCUT2D eigenvalue weighted by molar-refractivity contribution is 7.89. The van der Waals surface area contributed by atoms with Gasteiger partial charge in [-0.3, -0.25) is 0 Å². The summed E-state index contributed by atoms with van der Waals surface area (Å²) in [4.78, 5) is 4.40. The van der Waals surface area contributed by atoms with Crippen molar-refractivity contribution in [1.82, 2.24) is 14.4 Å². The second-order valence-electron chi connectivity index (χ2n) is 4.35. The van der Waals surface area contributed by atoms with Gasteiger partial charge in [-0.2, -0.15) is 20.6 Å². The van der Waals surface area contributed by atoms with Crippen molar-refractivity contribution in [3.63, 3.8) is 0 Å². The summed E-state index contributed by atoms with van der Waals surface area (Å²) in [5.41, 5.74) is 0. The summed E-state index contributed by atoms with van der Waals surface area (Å²) in [5.74, 6) is 0.814. The monoisotopic (exact) mass is 315 g/mol. The predicted molar refractivity (Wildman–Crippen MR) is 70.8 cm³/mol. The molecule has 108 valence electrons. The van der Waals surface area contributed by atoms with E-state index in [2.05, 4.69) is 10.1 Å². The van der Waals surface area contributed by atoms with Crippen LogP contribution in [-0.4, -0.2) is 42.6 Å². The molecule has 1 atom stereocenters. The van der Waals surface area contributed by atoms with Gasteiger partial charge < -0.3 is 9.26 Å². The molecule has 2 aromatic heterocycles. The first-order valence-electron chi connectivity index (χ1n) is 6.01. The molecular weight excluding hydrogens is 302 g/mol. The lowest BCUT2D eigenvalue weighted by molar-refractivity contribution is -0.00858. The van der Waals surface area contributed by atoms with Gasteiger partial charge in [0.15, 0.2) is 0 Å². The number of sulfonamides is 1. The van der Waals surface area contributed by atoms with E-state index < -0.39 is 16.1 Å². The van der Waals surface area contributed by atoms with Gasteiger partial charge in [0.2, 0.25) is 21.7 Å². The Morgan fingerprint density at radius 2 is 2.35 bits per heavy atom. The molecule has 1 fully saturated rings. The van der Waals surface area contributed by atoms with Crippen molar-refractivity contribution in [3.8, 4) is 0 Å². The molecule has 0 spiro atoms. The number of hydrogen-bond donors (Lipinski definition) is 0. The van der Waals surface area contributed by atoms with E-state index in [4.69, 9.17) is 9.26 Å². The van der Waals surface area contributed by atoms with Crippen molar-refractivity contribution in [1.29, 1.82) is 0 Å². The Morgan fingerprint density at radius 3 is 3.00 bits per heavy atom. The van der Waals surface area contributed by atoms with Crippen molar-refractivity contribution < 1.29 is 17.7 Å². The van der Waals surface area contributed by atoms with Crippen LogP contribution in [0.3, 0.4) is 0 Å². The number of aromatic nitrogens is 2. The lowest BCUT2D eigenvalue weighted by atomic mass is 10.3. The third kappa shape index (κ3) is 2.49. The fourth-order valence-electron chi connectivity index (χ4n) is 1.99. The van der Waals surface area contributed by atoms with Crippen LogP contribution in [0, 0.1) is 6.92 Å². The molecule has 1 aliphatic rings. The minimum Gasteiger partial charge on any atom is -0.367 e. The van der Waals surface area contributed by atoms with Crippen LogP contribution in [0.5, 0.6) is 0 Å². The van der Waals surface area contributed by atoms with Crippen LogP contribution in [0.15, 0.2) is 26.2 Å². The molecule has 0 N–H and O–H groups in total. The molecule has 0 saturated carbocycles. The molecule has 3 rings (SSSR count). The van der Waals surface area contributed by atoms with Crippen molar-refractivity contribution in [2.24, 2.45) is 0 Å². The maximum atomic E-state index is 12.4. The van der Waals surface area contributed by atoms with Crippen LogP contribution in [-0.2, 0) is 14.8 Å². The number of hydrogen-bond acceptors (Lipinski definition) is 7. The fourth-order valence-corrected chi connectivity index (χ4v) is 4.43. The maximum Gasteiger partial charge on any atom is 0.244 e. The minimum absolute atomic E-state index is 0.192. The van der Waals surface area contributed by atoms with Crippen LogP contribution in [0.2, 0.25) is 0 Å². The third-order valence-electron chi connectivity index (χ3n) is 2.99.